The highest BCUT2D eigenvalue weighted by Gasteiger charge is 2.06. The largest absolute Gasteiger partial charge is 0.496 e. The van der Waals surface area contributed by atoms with Gasteiger partial charge in [-0.05, 0) is 24.1 Å². The molecule has 0 spiro atoms. The molecule has 1 rings (SSSR count). The lowest BCUT2D eigenvalue weighted by atomic mass is 10.1. The molecule has 0 saturated carbocycles. The molecule has 0 aromatic heterocycles. The molecule has 112 valence electrons. The van der Waals surface area contributed by atoms with Crippen molar-refractivity contribution in [2.24, 2.45) is 5.73 Å². The fourth-order valence-corrected chi connectivity index (χ4v) is 1.85. The Morgan fingerprint density at radius 1 is 1.20 bits per heavy atom. The number of rotatable bonds is 10. The normalized spacial score (nSPS) is 10.5. The Balaban J connectivity index is 2.35. The highest BCUT2D eigenvalue weighted by Crippen LogP contribution is 2.20. The maximum Gasteiger partial charge on any atom is 0.129 e. The first-order valence-electron chi connectivity index (χ1n) is 6.81. The van der Waals surface area contributed by atoms with E-state index < -0.39 is 0 Å². The van der Waals surface area contributed by atoms with E-state index in [9.17, 15) is 0 Å². The van der Waals surface area contributed by atoms with Crippen LogP contribution in [0.25, 0.3) is 0 Å². The molecule has 0 unspecified atom stereocenters. The summed E-state index contributed by atoms with van der Waals surface area (Å²) in [5, 5.41) is 0. The van der Waals surface area contributed by atoms with Crippen LogP contribution in [0.5, 0.6) is 5.75 Å². The van der Waals surface area contributed by atoms with E-state index in [1.54, 1.807) is 7.11 Å². The van der Waals surface area contributed by atoms with Crippen LogP contribution in [0.3, 0.4) is 0 Å². The van der Waals surface area contributed by atoms with Crippen LogP contribution in [-0.4, -0.2) is 31.9 Å². The lowest BCUT2D eigenvalue weighted by molar-refractivity contribution is 0.0396. The van der Waals surface area contributed by atoms with E-state index in [1.807, 2.05) is 18.2 Å². The Morgan fingerprint density at radius 3 is 2.60 bits per heavy atom. The van der Waals surface area contributed by atoms with Gasteiger partial charge < -0.3 is 19.9 Å². The summed E-state index contributed by atoms with van der Waals surface area (Å²) >= 11 is 4.97. The summed E-state index contributed by atoms with van der Waals surface area (Å²) in [6.07, 6.45) is 2.24. The highest BCUT2D eigenvalue weighted by molar-refractivity contribution is 7.80. The first kappa shape index (κ1) is 16.9. The Kier molecular flexibility index (Phi) is 8.18. The molecular formula is C15H23NO3S. The van der Waals surface area contributed by atoms with Crippen LogP contribution in [0.2, 0.25) is 0 Å². The van der Waals surface area contributed by atoms with Crippen LogP contribution in [0.1, 0.15) is 30.9 Å². The van der Waals surface area contributed by atoms with E-state index in [0.29, 0.717) is 30.6 Å². The van der Waals surface area contributed by atoms with Gasteiger partial charge in [0.2, 0.25) is 0 Å². The summed E-state index contributed by atoms with van der Waals surface area (Å²) < 4.78 is 16.3. The SMILES string of the molecule is CCCCOCCOCc1ccc(C(N)=S)c(OC)c1. The molecule has 1 aromatic carbocycles. The van der Waals surface area contributed by atoms with E-state index in [4.69, 9.17) is 32.2 Å². The fraction of sp³-hybridized carbons (Fsp3) is 0.533. The molecule has 0 heterocycles. The smallest absolute Gasteiger partial charge is 0.129 e. The van der Waals surface area contributed by atoms with Crippen molar-refractivity contribution >= 4 is 17.2 Å². The molecule has 0 aliphatic rings. The molecule has 0 aliphatic heterocycles. The number of ether oxygens (including phenoxy) is 3. The van der Waals surface area contributed by atoms with Gasteiger partial charge in [0.05, 0.1) is 32.5 Å². The summed E-state index contributed by atoms with van der Waals surface area (Å²) in [5.74, 6) is 0.679. The Labute approximate surface area is 126 Å². The molecular weight excluding hydrogens is 274 g/mol. The van der Waals surface area contributed by atoms with Gasteiger partial charge in [0.15, 0.2) is 0 Å². The van der Waals surface area contributed by atoms with Crippen LogP contribution in [0, 0.1) is 0 Å². The predicted molar refractivity (Wildman–Crippen MR) is 84.3 cm³/mol. The molecule has 0 bridgehead atoms. The number of thiocarbonyl (C=S) groups is 1. The molecule has 0 atom stereocenters. The van der Waals surface area contributed by atoms with Crippen molar-refractivity contribution in [2.75, 3.05) is 26.9 Å². The summed E-state index contributed by atoms with van der Waals surface area (Å²) in [4.78, 5) is 0.332. The third-order valence-electron chi connectivity index (χ3n) is 2.81. The van der Waals surface area contributed by atoms with Crippen LogP contribution in [0.15, 0.2) is 18.2 Å². The van der Waals surface area contributed by atoms with Crippen molar-refractivity contribution in [3.05, 3.63) is 29.3 Å². The molecule has 0 aliphatic carbocycles. The third kappa shape index (κ3) is 5.86. The van der Waals surface area contributed by atoms with Crippen molar-refractivity contribution in [3.8, 4) is 5.75 Å². The van der Waals surface area contributed by atoms with Crippen molar-refractivity contribution in [1.29, 1.82) is 0 Å². The van der Waals surface area contributed by atoms with E-state index in [-0.39, 0.29) is 0 Å². The molecule has 0 amide bonds. The van der Waals surface area contributed by atoms with E-state index >= 15 is 0 Å². The first-order chi connectivity index (χ1) is 9.69. The second-order valence-corrected chi connectivity index (χ2v) is 4.86. The van der Waals surface area contributed by atoms with Gasteiger partial charge in [-0.25, -0.2) is 0 Å². The maximum atomic E-state index is 5.62. The standard InChI is InChI=1S/C15H23NO3S/c1-3-4-7-18-8-9-19-11-12-5-6-13(15(16)20)14(10-12)17-2/h5-6,10H,3-4,7-9,11H2,1-2H3,(H2,16,20). The van der Waals surface area contributed by atoms with Crippen LogP contribution < -0.4 is 10.5 Å². The summed E-state index contributed by atoms with van der Waals surface area (Å²) in [5.41, 5.74) is 7.39. The lowest BCUT2D eigenvalue weighted by Crippen LogP contribution is -2.11. The van der Waals surface area contributed by atoms with Gasteiger partial charge in [-0.15, -0.1) is 0 Å². The lowest BCUT2D eigenvalue weighted by Gasteiger charge is -2.10. The van der Waals surface area contributed by atoms with E-state index in [1.165, 1.54) is 0 Å². The van der Waals surface area contributed by atoms with Gasteiger partial charge in [-0.3, -0.25) is 0 Å². The average Bonchev–Trinajstić information content (AvgIpc) is 2.45. The number of methoxy groups -OCH3 is 1. The number of hydrogen-bond acceptors (Lipinski definition) is 4. The average molecular weight is 297 g/mol. The molecule has 5 heteroatoms. The zero-order chi connectivity index (χ0) is 14.8. The molecule has 2 N–H and O–H groups in total. The quantitative estimate of drug-likeness (QED) is 0.531. The van der Waals surface area contributed by atoms with E-state index in [0.717, 1.165) is 30.6 Å². The molecule has 0 fully saturated rings. The second-order valence-electron chi connectivity index (χ2n) is 4.42. The number of unbranched alkanes of at least 4 members (excludes halogenated alkanes) is 1. The molecule has 20 heavy (non-hydrogen) atoms. The number of benzene rings is 1. The minimum atomic E-state index is 0.332. The van der Waals surface area contributed by atoms with Gasteiger partial charge in [-0.1, -0.05) is 31.6 Å². The monoisotopic (exact) mass is 297 g/mol. The van der Waals surface area contributed by atoms with Gasteiger partial charge in [0.25, 0.3) is 0 Å². The Hall–Kier alpha value is -1.17. The Bertz CT molecular complexity index is 424. The Morgan fingerprint density at radius 2 is 1.95 bits per heavy atom. The van der Waals surface area contributed by atoms with Gasteiger partial charge >= 0.3 is 0 Å². The van der Waals surface area contributed by atoms with E-state index in [2.05, 4.69) is 6.92 Å². The third-order valence-corrected chi connectivity index (χ3v) is 3.03. The minimum absolute atomic E-state index is 0.332. The zero-order valence-electron chi connectivity index (χ0n) is 12.2. The summed E-state index contributed by atoms with van der Waals surface area (Å²) in [6, 6.07) is 5.69. The van der Waals surface area contributed by atoms with Gasteiger partial charge in [0.1, 0.15) is 10.7 Å². The van der Waals surface area contributed by atoms with Crippen molar-refractivity contribution in [2.45, 2.75) is 26.4 Å². The zero-order valence-corrected chi connectivity index (χ0v) is 13.0. The van der Waals surface area contributed by atoms with Crippen LogP contribution in [0.4, 0.5) is 0 Å². The van der Waals surface area contributed by atoms with Crippen molar-refractivity contribution in [3.63, 3.8) is 0 Å². The maximum absolute atomic E-state index is 5.62. The fourth-order valence-electron chi connectivity index (χ4n) is 1.69. The summed E-state index contributed by atoms with van der Waals surface area (Å²) in [6.45, 7) is 4.68. The number of hydrogen-bond donors (Lipinski definition) is 1. The summed E-state index contributed by atoms with van der Waals surface area (Å²) in [7, 11) is 1.60. The van der Waals surface area contributed by atoms with Crippen LogP contribution >= 0.6 is 12.2 Å². The topological polar surface area (TPSA) is 53.7 Å². The minimum Gasteiger partial charge on any atom is -0.496 e. The molecule has 1 aromatic rings. The molecule has 4 nitrogen and oxygen atoms in total. The molecule has 0 saturated heterocycles. The molecule has 0 radical (unpaired) electrons. The van der Waals surface area contributed by atoms with Crippen molar-refractivity contribution < 1.29 is 14.2 Å². The number of nitrogens with two attached hydrogens (primary N) is 1. The second kappa shape index (κ2) is 9.69. The highest BCUT2D eigenvalue weighted by atomic mass is 32.1. The first-order valence-corrected chi connectivity index (χ1v) is 7.22. The van der Waals surface area contributed by atoms with Gasteiger partial charge in [-0.2, -0.15) is 0 Å². The van der Waals surface area contributed by atoms with Crippen molar-refractivity contribution in [1.82, 2.24) is 0 Å². The van der Waals surface area contributed by atoms with Gasteiger partial charge in [0, 0.05) is 6.61 Å². The predicted octanol–water partition coefficient (Wildman–Crippen LogP) is 2.66. The van der Waals surface area contributed by atoms with Crippen LogP contribution in [-0.2, 0) is 16.1 Å².